The van der Waals surface area contributed by atoms with Crippen LogP contribution in [0.1, 0.15) is 31.1 Å². The molecule has 0 amide bonds. The van der Waals surface area contributed by atoms with Crippen molar-refractivity contribution in [1.29, 1.82) is 0 Å². The molecule has 0 saturated heterocycles. The van der Waals surface area contributed by atoms with Gasteiger partial charge in [0.05, 0.1) is 6.10 Å². The molecule has 1 aliphatic carbocycles. The van der Waals surface area contributed by atoms with Gasteiger partial charge in [-0.1, -0.05) is 38.1 Å². The average molecular weight is 208 g/mol. The first-order valence-electron chi connectivity index (χ1n) is 5.05. The SMILES string of the molecule is CO[C@H]1[C@@H](OO)c2ccccc2C1(C)C. The van der Waals surface area contributed by atoms with Crippen LogP contribution in [0.5, 0.6) is 0 Å². The van der Waals surface area contributed by atoms with E-state index >= 15 is 0 Å². The molecule has 1 aromatic carbocycles. The molecule has 3 heteroatoms. The summed E-state index contributed by atoms with van der Waals surface area (Å²) in [6, 6.07) is 7.96. The molecule has 1 aliphatic rings. The van der Waals surface area contributed by atoms with E-state index in [2.05, 4.69) is 24.8 Å². The van der Waals surface area contributed by atoms with Crippen molar-refractivity contribution in [3.8, 4) is 0 Å². The van der Waals surface area contributed by atoms with E-state index in [1.165, 1.54) is 5.56 Å². The van der Waals surface area contributed by atoms with Crippen molar-refractivity contribution in [2.75, 3.05) is 7.11 Å². The summed E-state index contributed by atoms with van der Waals surface area (Å²) in [5, 5.41) is 8.97. The van der Waals surface area contributed by atoms with Gasteiger partial charge in [-0.05, 0) is 11.1 Å². The molecule has 3 nitrogen and oxygen atoms in total. The summed E-state index contributed by atoms with van der Waals surface area (Å²) in [5.74, 6) is 0. The predicted molar refractivity (Wildman–Crippen MR) is 56.7 cm³/mol. The Morgan fingerprint density at radius 3 is 2.53 bits per heavy atom. The highest BCUT2D eigenvalue weighted by molar-refractivity contribution is 5.42. The largest absolute Gasteiger partial charge is 0.377 e. The fourth-order valence-electron chi connectivity index (χ4n) is 2.56. The van der Waals surface area contributed by atoms with E-state index in [4.69, 9.17) is 9.99 Å². The zero-order valence-corrected chi connectivity index (χ0v) is 9.23. The van der Waals surface area contributed by atoms with Gasteiger partial charge in [0.15, 0.2) is 0 Å². The van der Waals surface area contributed by atoms with Crippen LogP contribution in [-0.2, 0) is 15.0 Å². The van der Waals surface area contributed by atoms with Gasteiger partial charge in [-0.15, -0.1) is 0 Å². The minimum absolute atomic E-state index is 0.140. The lowest BCUT2D eigenvalue weighted by Crippen LogP contribution is -2.33. The van der Waals surface area contributed by atoms with Crippen LogP contribution in [0.3, 0.4) is 0 Å². The van der Waals surface area contributed by atoms with E-state index in [-0.39, 0.29) is 17.6 Å². The molecule has 0 heterocycles. The minimum atomic E-state index is -0.388. The third-order valence-electron chi connectivity index (χ3n) is 3.32. The number of methoxy groups -OCH3 is 1. The molecule has 0 aromatic heterocycles. The number of fused-ring (bicyclic) bond motifs is 1. The smallest absolute Gasteiger partial charge is 0.145 e. The maximum atomic E-state index is 8.97. The van der Waals surface area contributed by atoms with Crippen molar-refractivity contribution >= 4 is 0 Å². The van der Waals surface area contributed by atoms with E-state index in [9.17, 15) is 0 Å². The van der Waals surface area contributed by atoms with Gasteiger partial charge < -0.3 is 4.74 Å². The third kappa shape index (κ3) is 1.39. The minimum Gasteiger partial charge on any atom is -0.377 e. The van der Waals surface area contributed by atoms with Gasteiger partial charge in [-0.2, -0.15) is 0 Å². The fourth-order valence-corrected chi connectivity index (χ4v) is 2.56. The lowest BCUT2D eigenvalue weighted by molar-refractivity contribution is -0.303. The van der Waals surface area contributed by atoms with Crippen LogP contribution in [-0.4, -0.2) is 18.5 Å². The fraction of sp³-hybridized carbons (Fsp3) is 0.500. The highest BCUT2D eigenvalue weighted by Gasteiger charge is 2.47. The molecule has 0 saturated carbocycles. The molecule has 1 aromatic rings. The Kier molecular flexibility index (Phi) is 2.54. The third-order valence-corrected chi connectivity index (χ3v) is 3.32. The van der Waals surface area contributed by atoms with Crippen molar-refractivity contribution in [3.05, 3.63) is 35.4 Å². The molecule has 1 N–H and O–H groups in total. The number of hydrogen-bond donors (Lipinski definition) is 1. The standard InChI is InChI=1S/C12H16O3/c1-12(2)9-7-5-4-6-8(9)10(15-13)11(12)14-3/h4-7,10-11,13H,1-3H3/t10-,11-/m0/s1. The van der Waals surface area contributed by atoms with Crippen molar-refractivity contribution in [1.82, 2.24) is 0 Å². The van der Waals surface area contributed by atoms with Crippen molar-refractivity contribution in [2.24, 2.45) is 0 Å². The Labute approximate surface area is 89.6 Å². The van der Waals surface area contributed by atoms with Crippen molar-refractivity contribution in [2.45, 2.75) is 31.5 Å². The van der Waals surface area contributed by atoms with E-state index in [0.29, 0.717) is 0 Å². The molecule has 15 heavy (non-hydrogen) atoms. The van der Waals surface area contributed by atoms with Gasteiger partial charge in [0, 0.05) is 12.5 Å². The van der Waals surface area contributed by atoms with E-state index in [0.717, 1.165) is 5.56 Å². The summed E-state index contributed by atoms with van der Waals surface area (Å²) >= 11 is 0. The number of benzene rings is 1. The maximum absolute atomic E-state index is 8.97. The second-order valence-corrected chi connectivity index (χ2v) is 4.49. The van der Waals surface area contributed by atoms with E-state index in [1.807, 2.05) is 18.2 Å². The van der Waals surface area contributed by atoms with Crippen molar-refractivity contribution < 1.29 is 14.9 Å². The normalized spacial score (nSPS) is 27.7. The summed E-state index contributed by atoms with van der Waals surface area (Å²) < 4.78 is 5.43. The van der Waals surface area contributed by atoms with Crippen LogP contribution < -0.4 is 0 Å². The first kappa shape index (κ1) is 10.6. The van der Waals surface area contributed by atoms with Gasteiger partial charge >= 0.3 is 0 Å². The Morgan fingerprint density at radius 2 is 1.93 bits per heavy atom. The molecule has 2 rings (SSSR count). The van der Waals surface area contributed by atoms with Gasteiger partial charge in [0.25, 0.3) is 0 Å². The molecule has 0 radical (unpaired) electrons. The molecule has 2 atom stereocenters. The van der Waals surface area contributed by atoms with Crippen LogP contribution in [0.25, 0.3) is 0 Å². The van der Waals surface area contributed by atoms with Crippen LogP contribution in [0, 0.1) is 0 Å². The average Bonchev–Trinajstić information content (AvgIpc) is 2.46. The van der Waals surface area contributed by atoms with Gasteiger partial charge in [-0.3, -0.25) is 5.26 Å². The first-order chi connectivity index (χ1) is 7.12. The molecule has 0 aliphatic heterocycles. The Bertz CT molecular complexity index is 360. The van der Waals surface area contributed by atoms with E-state index in [1.54, 1.807) is 7.11 Å². The lowest BCUT2D eigenvalue weighted by atomic mass is 9.84. The summed E-state index contributed by atoms with van der Waals surface area (Å²) in [5.41, 5.74) is 2.05. The maximum Gasteiger partial charge on any atom is 0.145 e. The molecule has 0 spiro atoms. The quantitative estimate of drug-likeness (QED) is 0.599. The van der Waals surface area contributed by atoms with Gasteiger partial charge in [0.1, 0.15) is 6.10 Å². The summed E-state index contributed by atoms with van der Waals surface area (Å²) in [6.07, 6.45) is -0.541. The zero-order chi connectivity index (χ0) is 11.1. The Balaban J connectivity index is 2.54. The second kappa shape index (κ2) is 3.59. The second-order valence-electron chi connectivity index (χ2n) is 4.49. The zero-order valence-electron chi connectivity index (χ0n) is 9.23. The summed E-state index contributed by atoms with van der Waals surface area (Å²) in [4.78, 5) is 4.55. The Morgan fingerprint density at radius 1 is 1.27 bits per heavy atom. The first-order valence-corrected chi connectivity index (χ1v) is 5.05. The van der Waals surface area contributed by atoms with Crippen molar-refractivity contribution in [3.63, 3.8) is 0 Å². The van der Waals surface area contributed by atoms with Gasteiger partial charge in [0.2, 0.25) is 0 Å². The predicted octanol–water partition coefficient (Wildman–Crippen LogP) is 2.52. The summed E-state index contributed by atoms with van der Waals surface area (Å²) in [6.45, 7) is 4.19. The number of ether oxygens (including phenoxy) is 1. The molecular formula is C12H16O3. The number of rotatable bonds is 2. The van der Waals surface area contributed by atoms with E-state index < -0.39 is 0 Å². The molecule has 0 fully saturated rings. The van der Waals surface area contributed by atoms with Crippen LogP contribution in [0.2, 0.25) is 0 Å². The summed E-state index contributed by atoms with van der Waals surface area (Å²) in [7, 11) is 1.64. The number of hydrogen-bond acceptors (Lipinski definition) is 3. The molecule has 0 unspecified atom stereocenters. The highest BCUT2D eigenvalue weighted by atomic mass is 17.1. The lowest BCUT2D eigenvalue weighted by Gasteiger charge is -2.28. The highest BCUT2D eigenvalue weighted by Crippen LogP contribution is 2.47. The molecule has 82 valence electrons. The van der Waals surface area contributed by atoms with Crippen LogP contribution in [0.4, 0.5) is 0 Å². The topological polar surface area (TPSA) is 38.7 Å². The van der Waals surface area contributed by atoms with Crippen LogP contribution in [0.15, 0.2) is 24.3 Å². The van der Waals surface area contributed by atoms with Gasteiger partial charge in [-0.25, -0.2) is 4.89 Å². The molecular weight excluding hydrogens is 192 g/mol. The monoisotopic (exact) mass is 208 g/mol. The molecule has 0 bridgehead atoms. The van der Waals surface area contributed by atoms with Crippen LogP contribution >= 0.6 is 0 Å². The Hall–Kier alpha value is -0.900.